The number of aryl methyl sites for hydroxylation is 1. The monoisotopic (exact) mass is 310 g/mol. The molecular weight excluding hydrogens is 301 g/mol. The van der Waals surface area contributed by atoms with Crippen LogP contribution in [0, 0.1) is 24.4 Å². The van der Waals surface area contributed by atoms with E-state index in [2.05, 4.69) is 4.98 Å². The molecule has 3 aromatic rings. The highest BCUT2D eigenvalue weighted by atomic mass is 35.5. The van der Waals surface area contributed by atoms with Crippen molar-refractivity contribution in [3.8, 4) is 5.69 Å². The third-order valence-corrected chi connectivity index (χ3v) is 3.53. The van der Waals surface area contributed by atoms with E-state index >= 15 is 0 Å². The highest BCUT2D eigenvalue weighted by Crippen LogP contribution is 2.27. The van der Waals surface area contributed by atoms with Crippen molar-refractivity contribution in [2.45, 2.75) is 12.8 Å². The quantitative estimate of drug-likeness (QED) is 0.504. The number of hydrogen-bond donors (Lipinski definition) is 0. The Kier molecular flexibility index (Phi) is 3.37. The van der Waals surface area contributed by atoms with Gasteiger partial charge in [0.05, 0.1) is 22.6 Å². The molecule has 1 heterocycles. The summed E-state index contributed by atoms with van der Waals surface area (Å²) in [5.41, 5.74) is 1.80. The van der Waals surface area contributed by atoms with Gasteiger partial charge in [0.15, 0.2) is 11.6 Å². The van der Waals surface area contributed by atoms with Gasteiger partial charge in [0.1, 0.15) is 11.6 Å². The van der Waals surface area contributed by atoms with Crippen LogP contribution in [0.2, 0.25) is 0 Å². The summed E-state index contributed by atoms with van der Waals surface area (Å²) in [5, 5.41) is 0. The fourth-order valence-electron chi connectivity index (χ4n) is 2.35. The second-order valence-electron chi connectivity index (χ2n) is 4.66. The number of fused-ring (bicyclic) bond motifs is 1. The Bertz CT molecular complexity index is 843. The number of para-hydroxylation sites is 1. The van der Waals surface area contributed by atoms with Crippen molar-refractivity contribution in [1.82, 2.24) is 9.55 Å². The highest BCUT2D eigenvalue weighted by Gasteiger charge is 2.19. The van der Waals surface area contributed by atoms with Gasteiger partial charge in [-0.15, -0.1) is 11.6 Å². The number of aromatic nitrogens is 2. The van der Waals surface area contributed by atoms with Gasteiger partial charge in [-0.3, -0.25) is 4.57 Å². The average molecular weight is 311 g/mol. The van der Waals surface area contributed by atoms with Crippen LogP contribution in [0.1, 0.15) is 11.4 Å². The molecule has 0 saturated heterocycles. The molecule has 0 aliphatic rings. The number of benzene rings is 2. The topological polar surface area (TPSA) is 17.8 Å². The van der Waals surface area contributed by atoms with Crippen LogP contribution in [0.25, 0.3) is 16.7 Å². The van der Waals surface area contributed by atoms with Crippen molar-refractivity contribution in [2.24, 2.45) is 0 Å². The van der Waals surface area contributed by atoms with Gasteiger partial charge in [0, 0.05) is 12.1 Å². The lowest BCUT2D eigenvalue weighted by Gasteiger charge is -2.10. The van der Waals surface area contributed by atoms with Gasteiger partial charge in [0.2, 0.25) is 0 Å². The molecule has 0 spiro atoms. The van der Waals surface area contributed by atoms with Crippen LogP contribution in [0.15, 0.2) is 30.3 Å². The highest BCUT2D eigenvalue weighted by molar-refractivity contribution is 6.17. The number of hydrogen-bond acceptors (Lipinski definition) is 1. The number of imidazole rings is 1. The fourth-order valence-corrected chi connectivity index (χ4v) is 2.53. The summed E-state index contributed by atoms with van der Waals surface area (Å²) >= 11 is 5.84. The Morgan fingerprint density at radius 1 is 1.19 bits per heavy atom. The molecule has 0 radical (unpaired) electrons. The van der Waals surface area contributed by atoms with Crippen LogP contribution in [0.3, 0.4) is 0 Å². The summed E-state index contributed by atoms with van der Waals surface area (Å²) in [7, 11) is 0. The summed E-state index contributed by atoms with van der Waals surface area (Å²) in [6, 6.07) is 6.75. The molecule has 1 aromatic heterocycles. The molecule has 0 aliphatic carbocycles. The van der Waals surface area contributed by atoms with E-state index in [1.807, 2.05) is 13.0 Å². The maximum absolute atomic E-state index is 14.1. The Hall–Kier alpha value is -2.01. The largest absolute Gasteiger partial charge is 0.292 e. The predicted molar refractivity (Wildman–Crippen MR) is 75.2 cm³/mol. The standard InChI is InChI=1S/C15H10ClF3N2/c1-8-3-2-4-11-15(8)20-13(7-16)21(11)12-6-9(17)5-10(18)14(12)19/h2-6H,7H2,1H3. The average Bonchev–Trinajstić information content (AvgIpc) is 2.83. The fraction of sp³-hybridized carbons (Fsp3) is 0.133. The number of nitrogens with zero attached hydrogens (tertiary/aromatic N) is 2. The van der Waals surface area contributed by atoms with Crippen molar-refractivity contribution in [1.29, 1.82) is 0 Å². The molecule has 2 nitrogen and oxygen atoms in total. The maximum atomic E-state index is 14.1. The first-order valence-corrected chi connectivity index (χ1v) is 6.74. The van der Waals surface area contributed by atoms with E-state index in [1.165, 1.54) is 4.57 Å². The smallest absolute Gasteiger partial charge is 0.183 e. The van der Waals surface area contributed by atoms with E-state index in [4.69, 9.17) is 11.6 Å². The summed E-state index contributed by atoms with van der Waals surface area (Å²) in [6.07, 6.45) is 0. The third-order valence-electron chi connectivity index (χ3n) is 3.29. The van der Waals surface area contributed by atoms with Gasteiger partial charge in [-0.1, -0.05) is 12.1 Å². The lowest BCUT2D eigenvalue weighted by Crippen LogP contribution is -2.04. The zero-order valence-electron chi connectivity index (χ0n) is 11.0. The van der Waals surface area contributed by atoms with Crippen LogP contribution in [0.5, 0.6) is 0 Å². The SMILES string of the molecule is Cc1cccc2c1nc(CCl)n2-c1cc(F)cc(F)c1F. The molecule has 0 unspecified atom stereocenters. The van der Waals surface area contributed by atoms with E-state index in [9.17, 15) is 13.2 Å². The summed E-state index contributed by atoms with van der Waals surface area (Å²) in [6.45, 7) is 1.85. The Balaban J connectivity index is 2.42. The van der Waals surface area contributed by atoms with E-state index in [1.54, 1.807) is 12.1 Å². The maximum Gasteiger partial charge on any atom is 0.183 e. The summed E-state index contributed by atoms with van der Waals surface area (Å²) in [5.74, 6) is -2.93. The van der Waals surface area contributed by atoms with Crippen molar-refractivity contribution in [3.63, 3.8) is 0 Å². The Labute approximate surface area is 123 Å². The van der Waals surface area contributed by atoms with Crippen LogP contribution in [-0.2, 0) is 5.88 Å². The van der Waals surface area contributed by atoms with Crippen molar-refractivity contribution in [3.05, 3.63) is 59.2 Å². The molecule has 3 rings (SSSR count). The molecule has 0 aliphatic heterocycles. The first kappa shape index (κ1) is 13.9. The van der Waals surface area contributed by atoms with Crippen LogP contribution >= 0.6 is 11.6 Å². The van der Waals surface area contributed by atoms with Crippen LogP contribution < -0.4 is 0 Å². The molecule has 0 amide bonds. The molecule has 2 aromatic carbocycles. The van der Waals surface area contributed by atoms with Crippen molar-refractivity contribution >= 4 is 22.6 Å². The number of rotatable bonds is 2. The van der Waals surface area contributed by atoms with E-state index in [-0.39, 0.29) is 11.6 Å². The lowest BCUT2D eigenvalue weighted by atomic mass is 10.2. The predicted octanol–water partition coefficient (Wildman–Crippen LogP) is 4.49. The van der Waals surface area contributed by atoms with Crippen molar-refractivity contribution in [2.75, 3.05) is 0 Å². The van der Waals surface area contributed by atoms with E-state index in [0.29, 0.717) is 22.9 Å². The van der Waals surface area contributed by atoms with Gasteiger partial charge in [-0.25, -0.2) is 18.2 Å². The van der Waals surface area contributed by atoms with Crippen LogP contribution in [-0.4, -0.2) is 9.55 Å². The number of halogens is 4. The Morgan fingerprint density at radius 3 is 2.67 bits per heavy atom. The first-order valence-electron chi connectivity index (χ1n) is 6.20. The van der Waals surface area contributed by atoms with Crippen LogP contribution in [0.4, 0.5) is 13.2 Å². The minimum absolute atomic E-state index is 0.00824. The van der Waals surface area contributed by atoms with E-state index in [0.717, 1.165) is 11.6 Å². The van der Waals surface area contributed by atoms with Gasteiger partial charge >= 0.3 is 0 Å². The van der Waals surface area contributed by atoms with E-state index < -0.39 is 17.5 Å². The normalized spacial score (nSPS) is 11.3. The first-order chi connectivity index (χ1) is 10.0. The lowest BCUT2D eigenvalue weighted by molar-refractivity contribution is 0.490. The molecule has 6 heteroatoms. The van der Waals surface area contributed by atoms with Gasteiger partial charge in [-0.2, -0.15) is 0 Å². The van der Waals surface area contributed by atoms with Crippen molar-refractivity contribution < 1.29 is 13.2 Å². The number of alkyl halides is 1. The minimum atomic E-state index is -1.25. The Morgan fingerprint density at radius 2 is 1.95 bits per heavy atom. The minimum Gasteiger partial charge on any atom is -0.292 e. The molecule has 21 heavy (non-hydrogen) atoms. The second kappa shape index (κ2) is 5.07. The molecule has 0 N–H and O–H groups in total. The molecule has 0 atom stereocenters. The zero-order chi connectivity index (χ0) is 15.1. The molecular formula is C15H10ClF3N2. The third kappa shape index (κ3) is 2.17. The van der Waals surface area contributed by atoms with Gasteiger partial charge in [0.25, 0.3) is 0 Å². The van der Waals surface area contributed by atoms with Gasteiger partial charge in [-0.05, 0) is 18.6 Å². The molecule has 0 saturated carbocycles. The molecule has 0 fully saturated rings. The molecule has 108 valence electrons. The summed E-state index contributed by atoms with van der Waals surface area (Å²) in [4.78, 5) is 4.33. The zero-order valence-corrected chi connectivity index (χ0v) is 11.8. The molecule has 0 bridgehead atoms. The summed E-state index contributed by atoms with van der Waals surface area (Å²) < 4.78 is 42.3. The van der Waals surface area contributed by atoms with Gasteiger partial charge < -0.3 is 0 Å². The second-order valence-corrected chi connectivity index (χ2v) is 4.93.